The first-order valence-corrected chi connectivity index (χ1v) is 10.7. The van der Waals surface area contributed by atoms with E-state index < -0.39 is 0 Å². The second-order valence-corrected chi connectivity index (χ2v) is 8.55. The Hall–Kier alpha value is -3.23. The smallest absolute Gasteiger partial charge is 0.234 e. The number of fused-ring (bicyclic) bond motifs is 2. The molecule has 0 aliphatic rings. The van der Waals surface area contributed by atoms with Crippen molar-refractivity contribution >= 4 is 55.9 Å². The van der Waals surface area contributed by atoms with Gasteiger partial charge in [-0.2, -0.15) is 0 Å². The number of carbonyl (C=O) groups excluding carboxylic acids is 1. The molecule has 3 heterocycles. The number of imidazole rings is 1. The van der Waals surface area contributed by atoms with E-state index in [0.29, 0.717) is 11.4 Å². The van der Waals surface area contributed by atoms with Crippen molar-refractivity contribution in [2.24, 2.45) is 0 Å². The molecule has 5 rings (SSSR count). The highest BCUT2D eigenvalue weighted by molar-refractivity contribution is 8.01. The molecule has 1 N–H and O–H groups in total. The van der Waals surface area contributed by atoms with Gasteiger partial charge in [-0.05, 0) is 36.4 Å². The molecule has 0 aliphatic heterocycles. The van der Waals surface area contributed by atoms with Crippen LogP contribution in [0.3, 0.4) is 0 Å². The summed E-state index contributed by atoms with van der Waals surface area (Å²) in [7, 11) is 0. The second-order valence-electron chi connectivity index (χ2n) is 6.29. The number of carbonyl (C=O) groups is 1. The van der Waals surface area contributed by atoms with Crippen LogP contribution in [0.4, 0.5) is 5.69 Å². The topological polar surface area (TPSA) is 72.7 Å². The van der Waals surface area contributed by atoms with Crippen molar-refractivity contribution in [3.05, 3.63) is 73.2 Å². The maximum Gasteiger partial charge on any atom is 0.234 e. The number of thiazole rings is 1. The zero-order valence-corrected chi connectivity index (χ0v) is 16.8. The Bertz CT molecular complexity index is 1280. The Labute approximate surface area is 174 Å². The van der Waals surface area contributed by atoms with Crippen molar-refractivity contribution in [1.29, 1.82) is 0 Å². The molecule has 142 valence electrons. The Balaban J connectivity index is 1.24. The SMILES string of the molecule is O=C(CSc1nc2ccccc2s1)Nc1ccc(-n2cnc3ccccc32)nc1. The summed E-state index contributed by atoms with van der Waals surface area (Å²) in [5.41, 5.74) is 3.53. The van der Waals surface area contributed by atoms with Gasteiger partial charge in [-0.3, -0.25) is 9.36 Å². The molecule has 0 fully saturated rings. The molecule has 29 heavy (non-hydrogen) atoms. The first kappa shape index (κ1) is 17.8. The van der Waals surface area contributed by atoms with Crippen LogP contribution in [0.1, 0.15) is 0 Å². The maximum absolute atomic E-state index is 12.3. The number of nitrogens with one attached hydrogen (secondary N) is 1. The molecule has 5 aromatic rings. The quantitative estimate of drug-likeness (QED) is 0.417. The normalized spacial score (nSPS) is 11.2. The lowest BCUT2D eigenvalue weighted by Crippen LogP contribution is -2.14. The summed E-state index contributed by atoms with van der Waals surface area (Å²) in [6.45, 7) is 0. The molecule has 8 heteroatoms. The van der Waals surface area contributed by atoms with Crippen molar-refractivity contribution in [2.45, 2.75) is 4.34 Å². The monoisotopic (exact) mass is 417 g/mol. The minimum atomic E-state index is -0.0862. The van der Waals surface area contributed by atoms with Crippen LogP contribution in [0.15, 0.2) is 77.5 Å². The number of anilines is 1. The van der Waals surface area contributed by atoms with E-state index in [1.54, 1.807) is 23.9 Å². The molecule has 0 spiro atoms. The first-order valence-electron chi connectivity index (χ1n) is 8.93. The lowest BCUT2D eigenvalue weighted by atomic mass is 10.3. The van der Waals surface area contributed by atoms with Crippen LogP contribution < -0.4 is 5.32 Å². The van der Waals surface area contributed by atoms with Crippen LogP contribution >= 0.6 is 23.1 Å². The second kappa shape index (κ2) is 7.65. The molecule has 0 atom stereocenters. The van der Waals surface area contributed by atoms with Crippen LogP contribution in [-0.2, 0) is 4.79 Å². The summed E-state index contributed by atoms with van der Waals surface area (Å²) in [6.07, 6.45) is 3.41. The summed E-state index contributed by atoms with van der Waals surface area (Å²) in [5.74, 6) is 0.964. The number of rotatable bonds is 5. The van der Waals surface area contributed by atoms with Gasteiger partial charge in [0.25, 0.3) is 0 Å². The molecule has 2 aromatic carbocycles. The minimum Gasteiger partial charge on any atom is -0.324 e. The molecule has 0 saturated carbocycles. The summed E-state index contributed by atoms with van der Waals surface area (Å²) in [5, 5.41) is 2.89. The molecule has 3 aromatic heterocycles. The van der Waals surface area contributed by atoms with E-state index in [1.165, 1.54) is 11.8 Å². The van der Waals surface area contributed by atoms with E-state index in [4.69, 9.17) is 0 Å². The van der Waals surface area contributed by atoms with Gasteiger partial charge in [0, 0.05) is 0 Å². The number of hydrogen-bond donors (Lipinski definition) is 1. The molecule has 0 unspecified atom stereocenters. The fourth-order valence-electron chi connectivity index (χ4n) is 2.98. The van der Waals surface area contributed by atoms with E-state index in [0.717, 1.165) is 31.4 Å². The van der Waals surface area contributed by atoms with E-state index in [2.05, 4.69) is 20.3 Å². The van der Waals surface area contributed by atoms with E-state index in [-0.39, 0.29) is 5.91 Å². The third kappa shape index (κ3) is 3.72. The van der Waals surface area contributed by atoms with Gasteiger partial charge in [-0.15, -0.1) is 11.3 Å². The van der Waals surface area contributed by atoms with Crippen molar-refractivity contribution in [2.75, 3.05) is 11.1 Å². The highest BCUT2D eigenvalue weighted by Crippen LogP contribution is 2.29. The summed E-state index contributed by atoms with van der Waals surface area (Å²) in [4.78, 5) is 25.7. The van der Waals surface area contributed by atoms with Crippen LogP contribution in [0.5, 0.6) is 0 Å². The molecule has 0 saturated heterocycles. The largest absolute Gasteiger partial charge is 0.324 e. The third-order valence-corrected chi connectivity index (χ3v) is 6.51. The summed E-state index contributed by atoms with van der Waals surface area (Å²) in [6, 6.07) is 19.6. The van der Waals surface area contributed by atoms with Gasteiger partial charge in [0.2, 0.25) is 5.91 Å². The Morgan fingerprint density at radius 3 is 2.66 bits per heavy atom. The van der Waals surface area contributed by atoms with Crippen molar-refractivity contribution in [3.8, 4) is 5.82 Å². The number of aromatic nitrogens is 4. The highest BCUT2D eigenvalue weighted by atomic mass is 32.2. The third-order valence-electron chi connectivity index (χ3n) is 4.33. The van der Waals surface area contributed by atoms with Crippen molar-refractivity contribution in [3.63, 3.8) is 0 Å². The number of para-hydroxylation sites is 3. The van der Waals surface area contributed by atoms with Gasteiger partial charge < -0.3 is 5.32 Å². The van der Waals surface area contributed by atoms with Gasteiger partial charge in [0.05, 0.1) is 38.9 Å². The minimum absolute atomic E-state index is 0.0862. The van der Waals surface area contributed by atoms with E-state index >= 15 is 0 Å². The summed E-state index contributed by atoms with van der Waals surface area (Å²) >= 11 is 3.04. The first-order chi connectivity index (χ1) is 14.3. The number of benzene rings is 2. The number of nitrogens with zero attached hydrogens (tertiary/aromatic N) is 4. The average Bonchev–Trinajstić information content (AvgIpc) is 3.37. The Morgan fingerprint density at radius 2 is 1.83 bits per heavy atom. The zero-order chi connectivity index (χ0) is 19.6. The van der Waals surface area contributed by atoms with E-state index in [1.807, 2.05) is 65.2 Å². The summed E-state index contributed by atoms with van der Waals surface area (Å²) < 4.78 is 3.94. The molecule has 0 radical (unpaired) electrons. The standard InChI is InChI=1S/C21H15N5OS2/c27-20(12-28-21-25-16-6-2-4-8-18(16)29-21)24-14-9-10-19(22-11-14)26-13-23-15-5-1-3-7-17(15)26/h1-11,13H,12H2,(H,24,27). The molecule has 0 bridgehead atoms. The lowest BCUT2D eigenvalue weighted by Gasteiger charge is -2.06. The fourth-order valence-corrected chi connectivity index (χ4v) is 4.85. The maximum atomic E-state index is 12.3. The van der Waals surface area contributed by atoms with Gasteiger partial charge in [-0.1, -0.05) is 36.0 Å². The predicted molar refractivity (Wildman–Crippen MR) is 118 cm³/mol. The van der Waals surface area contributed by atoms with Crippen LogP contribution in [-0.4, -0.2) is 31.2 Å². The fraction of sp³-hybridized carbons (Fsp3) is 0.0476. The lowest BCUT2D eigenvalue weighted by molar-refractivity contribution is -0.113. The van der Waals surface area contributed by atoms with Crippen LogP contribution in [0.25, 0.3) is 27.1 Å². The van der Waals surface area contributed by atoms with E-state index in [9.17, 15) is 4.79 Å². The van der Waals surface area contributed by atoms with Gasteiger partial charge in [0.1, 0.15) is 12.1 Å². The number of amides is 1. The molecule has 6 nitrogen and oxygen atoms in total. The molecule has 0 aliphatic carbocycles. The zero-order valence-electron chi connectivity index (χ0n) is 15.1. The number of pyridine rings is 1. The van der Waals surface area contributed by atoms with Crippen LogP contribution in [0.2, 0.25) is 0 Å². The van der Waals surface area contributed by atoms with Gasteiger partial charge in [0.15, 0.2) is 4.34 Å². The highest BCUT2D eigenvalue weighted by Gasteiger charge is 2.09. The Morgan fingerprint density at radius 1 is 1.00 bits per heavy atom. The molecular weight excluding hydrogens is 402 g/mol. The van der Waals surface area contributed by atoms with Crippen molar-refractivity contribution < 1.29 is 4.79 Å². The van der Waals surface area contributed by atoms with Gasteiger partial charge in [-0.25, -0.2) is 15.0 Å². The average molecular weight is 418 g/mol. The van der Waals surface area contributed by atoms with Crippen molar-refractivity contribution in [1.82, 2.24) is 19.5 Å². The van der Waals surface area contributed by atoms with Crippen LogP contribution in [0, 0.1) is 0 Å². The van der Waals surface area contributed by atoms with Gasteiger partial charge >= 0.3 is 0 Å². The Kier molecular flexibility index (Phi) is 4.71. The molecular formula is C21H15N5OS2. The number of hydrogen-bond acceptors (Lipinski definition) is 6. The predicted octanol–water partition coefficient (Wildman–Crippen LogP) is 4.76. The molecule has 1 amide bonds. The number of thioether (sulfide) groups is 1.